The van der Waals surface area contributed by atoms with Gasteiger partial charge >= 0.3 is 11.8 Å². The van der Waals surface area contributed by atoms with Gasteiger partial charge in [-0.1, -0.05) is 0 Å². The number of hydrogen-bond acceptors (Lipinski definition) is 3. The molecule has 0 bridgehead atoms. The molecule has 0 radical (unpaired) electrons. The lowest BCUT2D eigenvalue weighted by Crippen LogP contribution is -2.52. The number of morpholine rings is 1. The molecule has 1 aliphatic rings. The van der Waals surface area contributed by atoms with Crippen LogP contribution in [0.1, 0.15) is 20.8 Å². The number of nitrogens with one attached hydrogen (secondary N) is 1. The zero-order valence-corrected chi connectivity index (χ0v) is 9.45. The molecule has 1 rings (SSSR count). The van der Waals surface area contributed by atoms with Gasteiger partial charge in [-0.3, -0.25) is 9.59 Å². The van der Waals surface area contributed by atoms with Crippen molar-refractivity contribution in [3.63, 3.8) is 0 Å². The van der Waals surface area contributed by atoms with Crippen LogP contribution < -0.4 is 5.32 Å². The standard InChI is InChI=1S/C10H18N2O3/c1-4-11-9(13)10(14)12-5-7(2)15-8(3)6-12/h7-8H,4-6H2,1-3H3,(H,11,13). The first kappa shape index (κ1) is 12.0. The summed E-state index contributed by atoms with van der Waals surface area (Å²) in [5.41, 5.74) is 0. The summed E-state index contributed by atoms with van der Waals surface area (Å²) < 4.78 is 5.48. The van der Waals surface area contributed by atoms with E-state index in [9.17, 15) is 9.59 Å². The van der Waals surface area contributed by atoms with E-state index >= 15 is 0 Å². The molecular weight excluding hydrogens is 196 g/mol. The molecule has 1 heterocycles. The Morgan fingerprint density at radius 1 is 1.33 bits per heavy atom. The molecule has 15 heavy (non-hydrogen) atoms. The third kappa shape index (κ3) is 3.20. The minimum absolute atomic E-state index is 0.00729. The van der Waals surface area contributed by atoms with Gasteiger partial charge in [-0.25, -0.2) is 0 Å². The maximum atomic E-state index is 11.6. The van der Waals surface area contributed by atoms with Crippen LogP contribution in [-0.4, -0.2) is 48.6 Å². The number of likely N-dealkylation sites (N-methyl/N-ethyl adjacent to an activating group) is 1. The third-order valence-corrected chi connectivity index (χ3v) is 2.24. The first-order chi connectivity index (χ1) is 7.04. The maximum absolute atomic E-state index is 11.6. The Labute approximate surface area is 89.8 Å². The number of rotatable bonds is 1. The van der Waals surface area contributed by atoms with Crippen molar-refractivity contribution in [2.45, 2.75) is 33.0 Å². The highest BCUT2D eigenvalue weighted by atomic mass is 16.5. The predicted molar refractivity (Wildman–Crippen MR) is 55.3 cm³/mol. The van der Waals surface area contributed by atoms with Gasteiger partial charge in [0.2, 0.25) is 0 Å². The zero-order valence-electron chi connectivity index (χ0n) is 9.45. The molecule has 2 unspecified atom stereocenters. The summed E-state index contributed by atoms with van der Waals surface area (Å²) in [6.07, 6.45) is -0.0146. The fourth-order valence-electron chi connectivity index (χ4n) is 1.72. The molecule has 2 amide bonds. The van der Waals surface area contributed by atoms with Gasteiger partial charge in [0, 0.05) is 19.6 Å². The van der Waals surface area contributed by atoms with Crippen molar-refractivity contribution in [2.75, 3.05) is 19.6 Å². The summed E-state index contributed by atoms with van der Waals surface area (Å²) in [6, 6.07) is 0. The second-order valence-electron chi connectivity index (χ2n) is 3.83. The van der Waals surface area contributed by atoms with Crippen molar-refractivity contribution in [1.82, 2.24) is 10.2 Å². The Morgan fingerprint density at radius 3 is 2.33 bits per heavy atom. The molecule has 1 aliphatic heterocycles. The molecular formula is C10H18N2O3. The van der Waals surface area contributed by atoms with Crippen LogP contribution in [0.3, 0.4) is 0 Å². The Morgan fingerprint density at radius 2 is 1.87 bits per heavy atom. The number of amides is 2. The molecule has 86 valence electrons. The highest BCUT2D eigenvalue weighted by molar-refractivity contribution is 6.35. The van der Waals surface area contributed by atoms with Crippen molar-refractivity contribution in [3.8, 4) is 0 Å². The second-order valence-corrected chi connectivity index (χ2v) is 3.83. The minimum Gasteiger partial charge on any atom is -0.372 e. The van der Waals surface area contributed by atoms with Gasteiger partial charge in [-0.2, -0.15) is 0 Å². The number of ether oxygens (including phenoxy) is 1. The average molecular weight is 214 g/mol. The number of nitrogens with zero attached hydrogens (tertiary/aromatic N) is 1. The summed E-state index contributed by atoms with van der Waals surface area (Å²) in [5.74, 6) is -0.988. The van der Waals surface area contributed by atoms with Gasteiger partial charge in [0.25, 0.3) is 0 Å². The topological polar surface area (TPSA) is 58.6 Å². The highest BCUT2D eigenvalue weighted by Crippen LogP contribution is 2.10. The normalized spacial score (nSPS) is 26.2. The van der Waals surface area contributed by atoms with Crippen LogP contribution in [0, 0.1) is 0 Å². The molecule has 0 saturated carbocycles. The fourth-order valence-corrected chi connectivity index (χ4v) is 1.72. The molecule has 0 aliphatic carbocycles. The summed E-state index contributed by atoms with van der Waals surface area (Å²) in [5, 5.41) is 2.50. The van der Waals surface area contributed by atoms with Crippen LogP contribution >= 0.6 is 0 Å². The molecule has 1 N–H and O–H groups in total. The molecule has 0 aromatic heterocycles. The monoisotopic (exact) mass is 214 g/mol. The van der Waals surface area contributed by atoms with Gasteiger partial charge in [0.15, 0.2) is 0 Å². The van der Waals surface area contributed by atoms with E-state index in [2.05, 4.69) is 5.32 Å². The van der Waals surface area contributed by atoms with Gasteiger partial charge in [0.1, 0.15) is 0 Å². The Hall–Kier alpha value is -1.10. The molecule has 0 spiro atoms. The van der Waals surface area contributed by atoms with Gasteiger partial charge in [-0.15, -0.1) is 0 Å². The van der Waals surface area contributed by atoms with Crippen molar-refractivity contribution in [1.29, 1.82) is 0 Å². The number of hydrogen-bond donors (Lipinski definition) is 1. The number of carbonyl (C=O) groups excluding carboxylic acids is 2. The number of carbonyl (C=O) groups is 2. The molecule has 1 saturated heterocycles. The minimum atomic E-state index is -0.529. The van der Waals surface area contributed by atoms with E-state index in [1.165, 1.54) is 0 Å². The van der Waals surface area contributed by atoms with E-state index in [1.54, 1.807) is 11.8 Å². The van der Waals surface area contributed by atoms with Gasteiger partial charge < -0.3 is 15.0 Å². The van der Waals surface area contributed by atoms with Crippen molar-refractivity contribution in [3.05, 3.63) is 0 Å². The third-order valence-electron chi connectivity index (χ3n) is 2.24. The van der Waals surface area contributed by atoms with E-state index < -0.39 is 11.8 Å². The van der Waals surface area contributed by atoms with E-state index in [0.29, 0.717) is 19.6 Å². The fraction of sp³-hybridized carbons (Fsp3) is 0.800. The summed E-state index contributed by atoms with van der Waals surface area (Å²) in [4.78, 5) is 24.5. The molecule has 0 aromatic rings. The van der Waals surface area contributed by atoms with E-state index in [4.69, 9.17) is 4.74 Å². The van der Waals surface area contributed by atoms with E-state index in [0.717, 1.165) is 0 Å². The van der Waals surface area contributed by atoms with Gasteiger partial charge in [0.05, 0.1) is 12.2 Å². The van der Waals surface area contributed by atoms with Crippen LogP contribution in [0.15, 0.2) is 0 Å². The van der Waals surface area contributed by atoms with Crippen LogP contribution in [0.25, 0.3) is 0 Å². The average Bonchev–Trinajstić information content (AvgIpc) is 2.15. The lowest BCUT2D eigenvalue weighted by Gasteiger charge is -2.34. The molecule has 5 nitrogen and oxygen atoms in total. The summed E-state index contributed by atoms with van der Waals surface area (Å²) in [6.45, 7) is 7.03. The molecule has 1 fully saturated rings. The predicted octanol–water partition coefficient (Wildman–Crippen LogP) is -0.242. The van der Waals surface area contributed by atoms with Crippen molar-refractivity contribution in [2.24, 2.45) is 0 Å². The van der Waals surface area contributed by atoms with Gasteiger partial charge in [-0.05, 0) is 20.8 Å². The largest absolute Gasteiger partial charge is 0.372 e. The second kappa shape index (κ2) is 5.11. The lowest BCUT2D eigenvalue weighted by atomic mass is 10.2. The maximum Gasteiger partial charge on any atom is 0.312 e. The van der Waals surface area contributed by atoms with Crippen LogP contribution in [0.4, 0.5) is 0 Å². The molecule has 5 heteroatoms. The lowest BCUT2D eigenvalue weighted by molar-refractivity contribution is -0.153. The Kier molecular flexibility index (Phi) is 4.08. The van der Waals surface area contributed by atoms with Crippen molar-refractivity contribution < 1.29 is 14.3 Å². The van der Waals surface area contributed by atoms with Crippen LogP contribution in [-0.2, 0) is 14.3 Å². The van der Waals surface area contributed by atoms with Crippen LogP contribution in [0.2, 0.25) is 0 Å². The smallest absolute Gasteiger partial charge is 0.312 e. The van der Waals surface area contributed by atoms with Crippen molar-refractivity contribution >= 4 is 11.8 Å². The molecule has 0 aromatic carbocycles. The van der Waals surface area contributed by atoms with E-state index in [1.807, 2.05) is 13.8 Å². The first-order valence-corrected chi connectivity index (χ1v) is 5.27. The van der Waals surface area contributed by atoms with Crippen LogP contribution in [0.5, 0.6) is 0 Å². The molecule has 2 atom stereocenters. The summed E-state index contributed by atoms with van der Waals surface area (Å²) in [7, 11) is 0. The zero-order chi connectivity index (χ0) is 11.4. The first-order valence-electron chi connectivity index (χ1n) is 5.27. The summed E-state index contributed by atoms with van der Waals surface area (Å²) >= 11 is 0. The Bertz CT molecular complexity index is 245. The highest BCUT2D eigenvalue weighted by Gasteiger charge is 2.29. The Balaban J connectivity index is 2.55. The SMILES string of the molecule is CCNC(=O)C(=O)N1CC(C)OC(C)C1. The van der Waals surface area contributed by atoms with E-state index in [-0.39, 0.29) is 12.2 Å². The quantitative estimate of drug-likeness (QED) is 0.613.